The topological polar surface area (TPSA) is 86.7 Å². The van der Waals surface area contributed by atoms with Crippen molar-refractivity contribution in [1.29, 1.82) is 0 Å². The molecule has 0 aliphatic heterocycles. The summed E-state index contributed by atoms with van der Waals surface area (Å²) in [5.74, 6) is -1.19. The molecule has 6 nitrogen and oxygen atoms in total. The van der Waals surface area contributed by atoms with Gasteiger partial charge in [0.05, 0.1) is 11.9 Å². The molecule has 1 aromatic carbocycles. The second-order valence-electron chi connectivity index (χ2n) is 4.36. The monoisotopic (exact) mass is 291 g/mol. The molecule has 108 valence electrons. The Morgan fingerprint density at radius 1 is 1.19 bits per heavy atom. The fourth-order valence-corrected chi connectivity index (χ4v) is 2.02. The quantitative estimate of drug-likeness (QED) is 0.682. The molecule has 2 aromatic heterocycles. The van der Waals surface area contributed by atoms with E-state index in [0.29, 0.717) is 17.0 Å². The molecular formula is C13H11F2N5O. The summed E-state index contributed by atoms with van der Waals surface area (Å²) in [4.78, 5) is 14.7. The van der Waals surface area contributed by atoms with Crippen molar-refractivity contribution >= 4 is 17.0 Å². The molecular weight excluding hydrogens is 280 g/mol. The van der Waals surface area contributed by atoms with E-state index in [2.05, 4.69) is 25.3 Å². The lowest BCUT2D eigenvalue weighted by molar-refractivity contribution is 0.181. The smallest absolute Gasteiger partial charge is 0.182 e. The number of aliphatic hydroxyl groups is 1. The summed E-state index contributed by atoms with van der Waals surface area (Å²) in [6.45, 7) is -0.108. The molecule has 21 heavy (non-hydrogen) atoms. The molecule has 3 rings (SSSR count). The first kappa shape index (κ1) is 13.4. The molecule has 0 spiro atoms. The van der Waals surface area contributed by atoms with Crippen LogP contribution in [-0.2, 0) is 0 Å². The van der Waals surface area contributed by atoms with E-state index in [1.807, 2.05) is 0 Å². The predicted molar refractivity (Wildman–Crippen MR) is 71.5 cm³/mol. The number of fused-ring (bicyclic) bond motifs is 1. The highest BCUT2D eigenvalue weighted by Crippen LogP contribution is 2.22. The van der Waals surface area contributed by atoms with Crippen molar-refractivity contribution in [2.45, 2.75) is 6.10 Å². The molecule has 0 aliphatic rings. The van der Waals surface area contributed by atoms with Crippen LogP contribution < -0.4 is 5.32 Å². The SMILES string of the molecule is OC(CNc1ncnc2nc[nH]c12)c1c(F)cccc1F. The van der Waals surface area contributed by atoms with Gasteiger partial charge in [-0.25, -0.2) is 23.7 Å². The van der Waals surface area contributed by atoms with Gasteiger partial charge in [-0.3, -0.25) is 0 Å². The first-order valence-electron chi connectivity index (χ1n) is 6.16. The molecule has 0 bridgehead atoms. The number of aliphatic hydroxyl groups excluding tert-OH is 1. The van der Waals surface area contributed by atoms with Gasteiger partial charge in [0.2, 0.25) is 0 Å². The average molecular weight is 291 g/mol. The zero-order valence-electron chi connectivity index (χ0n) is 10.7. The van der Waals surface area contributed by atoms with Gasteiger partial charge in [-0.05, 0) is 12.1 Å². The maximum atomic E-state index is 13.6. The molecule has 3 aromatic rings. The van der Waals surface area contributed by atoms with Crippen LogP contribution in [0.15, 0.2) is 30.9 Å². The highest BCUT2D eigenvalue weighted by molar-refractivity contribution is 5.81. The standard InChI is InChI=1S/C13H11F2N5O/c14-7-2-1-3-8(15)10(7)9(21)4-16-12-11-13(18-5-17-11)20-6-19-12/h1-3,5-6,9,21H,4H2,(H2,16,17,18,19,20). The molecule has 0 amide bonds. The number of aromatic nitrogens is 4. The van der Waals surface area contributed by atoms with Crippen LogP contribution in [0, 0.1) is 11.6 Å². The average Bonchev–Trinajstić information content (AvgIpc) is 2.93. The van der Waals surface area contributed by atoms with Crippen LogP contribution in [0.25, 0.3) is 11.2 Å². The van der Waals surface area contributed by atoms with Crippen LogP contribution in [0.1, 0.15) is 11.7 Å². The third-order valence-corrected chi connectivity index (χ3v) is 3.02. The lowest BCUT2D eigenvalue weighted by atomic mass is 10.1. The lowest BCUT2D eigenvalue weighted by Crippen LogP contribution is -2.16. The molecule has 3 N–H and O–H groups in total. The number of rotatable bonds is 4. The number of hydrogen-bond donors (Lipinski definition) is 3. The minimum atomic E-state index is -1.35. The minimum Gasteiger partial charge on any atom is -0.386 e. The van der Waals surface area contributed by atoms with E-state index < -0.39 is 17.7 Å². The Hall–Kier alpha value is -2.61. The summed E-state index contributed by atoms with van der Waals surface area (Å²) in [6.07, 6.45) is 1.41. The summed E-state index contributed by atoms with van der Waals surface area (Å²) in [5.41, 5.74) is 0.637. The number of halogens is 2. The van der Waals surface area contributed by atoms with Crippen LogP contribution in [0.3, 0.4) is 0 Å². The fourth-order valence-electron chi connectivity index (χ4n) is 2.02. The second-order valence-corrected chi connectivity index (χ2v) is 4.36. The predicted octanol–water partition coefficient (Wildman–Crippen LogP) is 1.78. The molecule has 8 heteroatoms. The van der Waals surface area contributed by atoms with Gasteiger partial charge in [-0.1, -0.05) is 6.07 Å². The highest BCUT2D eigenvalue weighted by atomic mass is 19.1. The van der Waals surface area contributed by atoms with E-state index in [0.717, 1.165) is 12.1 Å². The van der Waals surface area contributed by atoms with Gasteiger partial charge in [0.1, 0.15) is 29.6 Å². The fraction of sp³-hybridized carbons (Fsp3) is 0.154. The van der Waals surface area contributed by atoms with Crippen LogP contribution in [0.5, 0.6) is 0 Å². The number of nitrogens with zero attached hydrogens (tertiary/aromatic N) is 3. The van der Waals surface area contributed by atoms with Crippen molar-refractivity contribution in [3.8, 4) is 0 Å². The van der Waals surface area contributed by atoms with E-state index >= 15 is 0 Å². The Labute approximate surface area is 117 Å². The Kier molecular flexibility index (Phi) is 3.44. The zero-order chi connectivity index (χ0) is 14.8. The maximum Gasteiger partial charge on any atom is 0.182 e. The van der Waals surface area contributed by atoms with E-state index in [9.17, 15) is 13.9 Å². The Bertz CT molecular complexity index is 756. The summed E-state index contributed by atoms with van der Waals surface area (Å²) < 4.78 is 27.1. The number of benzene rings is 1. The van der Waals surface area contributed by atoms with Gasteiger partial charge < -0.3 is 15.4 Å². The Morgan fingerprint density at radius 3 is 2.71 bits per heavy atom. The normalized spacial score (nSPS) is 12.5. The number of anilines is 1. The van der Waals surface area contributed by atoms with Gasteiger partial charge in [-0.2, -0.15) is 0 Å². The number of aromatic amines is 1. The number of hydrogen-bond acceptors (Lipinski definition) is 5. The molecule has 0 aliphatic carbocycles. The summed E-state index contributed by atoms with van der Waals surface area (Å²) in [6, 6.07) is 3.44. The molecule has 0 radical (unpaired) electrons. The van der Waals surface area contributed by atoms with Gasteiger partial charge in [0.15, 0.2) is 11.5 Å². The maximum absolute atomic E-state index is 13.6. The first-order chi connectivity index (χ1) is 10.2. The summed E-state index contributed by atoms with van der Waals surface area (Å²) in [7, 11) is 0. The van der Waals surface area contributed by atoms with Crippen molar-refractivity contribution in [1.82, 2.24) is 19.9 Å². The largest absolute Gasteiger partial charge is 0.386 e. The Balaban J connectivity index is 1.80. The molecule has 2 heterocycles. The van der Waals surface area contributed by atoms with E-state index in [1.54, 1.807) is 0 Å². The van der Waals surface area contributed by atoms with Gasteiger partial charge in [0.25, 0.3) is 0 Å². The minimum absolute atomic E-state index is 0.108. The summed E-state index contributed by atoms with van der Waals surface area (Å²) >= 11 is 0. The molecule has 0 saturated carbocycles. The molecule has 1 unspecified atom stereocenters. The van der Waals surface area contributed by atoms with E-state index in [4.69, 9.17) is 0 Å². The third-order valence-electron chi connectivity index (χ3n) is 3.02. The van der Waals surface area contributed by atoms with Gasteiger partial charge in [0, 0.05) is 6.54 Å². The number of imidazole rings is 1. The second kappa shape index (κ2) is 5.41. The lowest BCUT2D eigenvalue weighted by Gasteiger charge is -2.14. The van der Waals surface area contributed by atoms with Crippen molar-refractivity contribution in [2.75, 3.05) is 11.9 Å². The molecule has 0 fully saturated rings. The highest BCUT2D eigenvalue weighted by Gasteiger charge is 2.18. The van der Waals surface area contributed by atoms with Crippen LogP contribution in [-0.4, -0.2) is 31.6 Å². The van der Waals surface area contributed by atoms with Gasteiger partial charge >= 0.3 is 0 Å². The molecule has 1 atom stereocenters. The van der Waals surface area contributed by atoms with Crippen LogP contribution in [0.2, 0.25) is 0 Å². The zero-order valence-corrected chi connectivity index (χ0v) is 10.7. The third kappa shape index (κ3) is 2.52. The summed E-state index contributed by atoms with van der Waals surface area (Å²) in [5, 5.41) is 12.8. The Morgan fingerprint density at radius 2 is 1.95 bits per heavy atom. The number of H-pyrrole nitrogens is 1. The van der Waals surface area contributed by atoms with Crippen molar-refractivity contribution in [2.24, 2.45) is 0 Å². The van der Waals surface area contributed by atoms with Crippen LogP contribution in [0.4, 0.5) is 14.6 Å². The first-order valence-corrected chi connectivity index (χ1v) is 6.16. The van der Waals surface area contributed by atoms with Crippen molar-refractivity contribution in [3.63, 3.8) is 0 Å². The van der Waals surface area contributed by atoms with E-state index in [-0.39, 0.29) is 12.1 Å². The number of nitrogens with one attached hydrogen (secondary N) is 2. The van der Waals surface area contributed by atoms with Crippen LogP contribution >= 0.6 is 0 Å². The van der Waals surface area contributed by atoms with Crippen molar-refractivity contribution < 1.29 is 13.9 Å². The van der Waals surface area contributed by atoms with Crippen molar-refractivity contribution in [3.05, 3.63) is 48.1 Å². The van der Waals surface area contributed by atoms with Gasteiger partial charge in [-0.15, -0.1) is 0 Å². The van der Waals surface area contributed by atoms with E-state index in [1.165, 1.54) is 18.7 Å². The molecule has 0 saturated heterocycles.